The molecule has 1 aromatic heterocycles. The lowest BCUT2D eigenvalue weighted by molar-refractivity contribution is 0.0695. The van der Waals surface area contributed by atoms with E-state index in [0.29, 0.717) is 17.9 Å². The fourth-order valence-corrected chi connectivity index (χ4v) is 3.00. The molecule has 1 heterocycles. The third-order valence-electron chi connectivity index (χ3n) is 3.20. The van der Waals surface area contributed by atoms with Crippen LogP contribution >= 0.6 is 11.3 Å². The van der Waals surface area contributed by atoms with Gasteiger partial charge in [0.25, 0.3) is 0 Å². The Kier molecular flexibility index (Phi) is 3.58. The van der Waals surface area contributed by atoms with Gasteiger partial charge in [-0.3, -0.25) is 0 Å². The lowest BCUT2D eigenvalue weighted by atomic mass is 10.1. The molecular formula is C16H13NO3S. The first-order chi connectivity index (χ1) is 10.1. The number of thiazole rings is 1. The van der Waals surface area contributed by atoms with Crippen molar-refractivity contribution in [2.45, 2.75) is 13.5 Å². The molecule has 0 aliphatic heterocycles. The Bertz CT molecular complexity index is 777. The van der Waals surface area contributed by atoms with E-state index in [9.17, 15) is 4.79 Å². The van der Waals surface area contributed by atoms with Crippen molar-refractivity contribution in [3.63, 3.8) is 0 Å². The number of carboxylic acid groups (broad SMARTS) is 1. The van der Waals surface area contributed by atoms with Gasteiger partial charge in [-0.25, -0.2) is 9.78 Å². The number of carboxylic acids is 1. The van der Waals surface area contributed by atoms with E-state index in [1.54, 1.807) is 36.5 Å². The van der Waals surface area contributed by atoms with Crippen molar-refractivity contribution in [2.75, 3.05) is 0 Å². The molecule has 2 aromatic carbocycles. The Labute approximate surface area is 125 Å². The number of aromatic nitrogens is 1. The molecule has 0 aliphatic rings. The van der Waals surface area contributed by atoms with Crippen LogP contribution in [0.3, 0.4) is 0 Å². The van der Waals surface area contributed by atoms with Gasteiger partial charge >= 0.3 is 5.97 Å². The second kappa shape index (κ2) is 5.54. The van der Waals surface area contributed by atoms with Gasteiger partial charge < -0.3 is 9.84 Å². The minimum atomic E-state index is -0.946. The molecule has 0 fully saturated rings. The smallest absolute Gasteiger partial charge is 0.336 e. The summed E-state index contributed by atoms with van der Waals surface area (Å²) in [4.78, 5) is 15.6. The maximum atomic E-state index is 11.1. The van der Waals surface area contributed by atoms with Crippen LogP contribution < -0.4 is 4.74 Å². The van der Waals surface area contributed by atoms with Crippen LogP contribution in [0.2, 0.25) is 0 Å². The van der Waals surface area contributed by atoms with E-state index in [4.69, 9.17) is 9.84 Å². The van der Waals surface area contributed by atoms with Crippen molar-refractivity contribution in [2.24, 2.45) is 0 Å². The van der Waals surface area contributed by atoms with E-state index in [-0.39, 0.29) is 5.56 Å². The molecule has 21 heavy (non-hydrogen) atoms. The molecule has 0 bridgehead atoms. The number of rotatable bonds is 4. The first-order valence-electron chi connectivity index (χ1n) is 6.45. The number of para-hydroxylation sites is 1. The highest BCUT2D eigenvalue weighted by atomic mass is 32.1. The quantitative estimate of drug-likeness (QED) is 0.794. The molecule has 0 aliphatic carbocycles. The van der Waals surface area contributed by atoms with Crippen LogP contribution in [0.5, 0.6) is 5.75 Å². The number of hydrogen-bond acceptors (Lipinski definition) is 4. The number of aromatic carboxylic acids is 1. The van der Waals surface area contributed by atoms with Gasteiger partial charge in [0, 0.05) is 5.56 Å². The number of fused-ring (bicyclic) bond motifs is 1. The Hall–Kier alpha value is -2.40. The van der Waals surface area contributed by atoms with Crippen LogP contribution in [-0.4, -0.2) is 16.1 Å². The summed E-state index contributed by atoms with van der Waals surface area (Å²) in [5.41, 5.74) is 1.85. The van der Waals surface area contributed by atoms with E-state index in [1.165, 1.54) is 0 Å². The first kappa shape index (κ1) is 13.6. The van der Waals surface area contributed by atoms with Crippen LogP contribution in [-0.2, 0) is 6.61 Å². The van der Waals surface area contributed by atoms with Crippen molar-refractivity contribution in [3.05, 3.63) is 58.6 Å². The van der Waals surface area contributed by atoms with Crippen molar-refractivity contribution in [1.82, 2.24) is 4.98 Å². The molecule has 0 amide bonds. The third kappa shape index (κ3) is 2.73. The largest absolute Gasteiger partial charge is 0.486 e. The second-order valence-corrected chi connectivity index (χ2v) is 5.71. The van der Waals surface area contributed by atoms with E-state index in [2.05, 4.69) is 4.98 Å². The van der Waals surface area contributed by atoms with Gasteiger partial charge in [-0.2, -0.15) is 0 Å². The van der Waals surface area contributed by atoms with Crippen LogP contribution in [0.25, 0.3) is 10.2 Å². The van der Waals surface area contributed by atoms with Gasteiger partial charge in [-0.15, -0.1) is 11.3 Å². The molecule has 0 saturated carbocycles. The lowest BCUT2D eigenvalue weighted by Gasteiger charge is -2.09. The maximum absolute atomic E-state index is 11.1. The summed E-state index contributed by atoms with van der Waals surface area (Å²) in [6, 6.07) is 12.9. The van der Waals surface area contributed by atoms with Gasteiger partial charge in [-0.1, -0.05) is 18.2 Å². The van der Waals surface area contributed by atoms with Crippen molar-refractivity contribution in [1.29, 1.82) is 0 Å². The predicted molar refractivity (Wildman–Crippen MR) is 82.1 cm³/mol. The second-order valence-electron chi connectivity index (χ2n) is 4.60. The fraction of sp³-hybridized carbons (Fsp3) is 0.125. The van der Waals surface area contributed by atoms with E-state index in [1.807, 2.05) is 24.3 Å². The van der Waals surface area contributed by atoms with Crippen molar-refractivity contribution in [3.8, 4) is 5.75 Å². The molecule has 106 valence electrons. The average molecular weight is 299 g/mol. The number of hydrogen-bond donors (Lipinski definition) is 1. The summed E-state index contributed by atoms with van der Waals surface area (Å²) in [6.45, 7) is 2.08. The number of carbonyl (C=O) groups is 1. The Morgan fingerprint density at radius 3 is 2.81 bits per heavy atom. The molecule has 0 atom stereocenters. The molecule has 5 heteroatoms. The SMILES string of the molecule is Cc1c(OCc2nc3ccccc3s2)cccc1C(=O)O. The number of nitrogens with zero attached hydrogens (tertiary/aromatic N) is 1. The summed E-state index contributed by atoms with van der Waals surface area (Å²) in [5, 5.41) is 9.98. The minimum absolute atomic E-state index is 0.261. The molecular weight excluding hydrogens is 286 g/mol. The molecule has 0 saturated heterocycles. The number of benzene rings is 2. The minimum Gasteiger partial charge on any atom is -0.486 e. The number of ether oxygens (including phenoxy) is 1. The molecule has 0 unspecified atom stereocenters. The van der Waals surface area contributed by atoms with E-state index < -0.39 is 5.97 Å². The highest BCUT2D eigenvalue weighted by molar-refractivity contribution is 7.18. The van der Waals surface area contributed by atoms with Gasteiger partial charge in [-0.05, 0) is 31.2 Å². The molecule has 1 N–H and O–H groups in total. The molecule has 3 aromatic rings. The molecule has 0 radical (unpaired) electrons. The van der Waals surface area contributed by atoms with Gasteiger partial charge in [0.05, 0.1) is 15.8 Å². The normalized spacial score (nSPS) is 10.7. The van der Waals surface area contributed by atoms with Crippen LogP contribution in [0.15, 0.2) is 42.5 Å². The predicted octanol–water partition coefficient (Wildman–Crippen LogP) is 3.88. The molecule has 4 nitrogen and oxygen atoms in total. The van der Waals surface area contributed by atoms with Gasteiger partial charge in [0.1, 0.15) is 17.4 Å². The van der Waals surface area contributed by atoms with Crippen LogP contribution in [0.1, 0.15) is 20.9 Å². The summed E-state index contributed by atoms with van der Waals surface area (Å²) in [5.74, 6) is -0.368. The highest BCUT2D eigenvalue weighted by Gasteiger charge is 2.11. The summed E-state index contributed by atoms with van der Waals surface area (Å²) >= 11 is 1.58. The van der Waals surface area contributed by atoms with Crippen molar-refractivity contribution >= 4 is 27.5 Å². The zero-order valence-corrected chi connectivity index (χ0v) is 12.2. The third-order valence-corrected chi connectivity index (χ3v) is 4.21. The first-order valence-corrected chi connectivity index (χ1v) is 7.27. The topological polar surface area (TPSA) is 59.4 Å². The summed E-state index contributed by atoms with van der Waals surface area (Å²) in [6.07, 6.45) is 0. The summed E-state index contributed by atoms with van der Waals surface area (Å²) in [7, 11) is 0. The monoisotopic (exact) mass is 299 g/mol. The fourth-order valence-electron chi connectivity index (χ4n) is 2.12. The van der Waals surface area contributed by atoms with E-state index >= 15 is 0 Å². The Balaban J connectivity index is 1.81. The Morgan fingerprint density at radius 2 is 2.05 bits per heavy atom. The standard InChI is InChI=1S/C16H13NO3S/c1-10-11(16(18)19)5-4-7-13(10)20-9-15-17-12-6-2-3-8-14(12)21-15/h2-8H,9H2,1H3,(H,18,19). The zero-order chi connectivity index (χ0) is 14.8. The molecule has 0 spiro atoms. The molecule has 3 rings (SSSR count). The lowest BCUT2D eigenvalue weighted by Crippen LogP contribution is -2.03. The van der Waals surface area contributed by atoms with Gasteiger partial charge in [0.15, 0.2) is 0 Å². The highest BCUT2D eigenvalue weighted by Crippen LogP contribution is 2.25. The zero-order valence-electron chi connectivity index (χ0n) is 11.4. The van der Waals surface area contributed by atoms with Crippen molar-refractivity contribution < 1.29 is 14.6 Å². The maximum Gasteiger partial charge on any atom is 0.336 e. The average Bonchev–Trinajstić information content (AvgIpc) is 2.88. The van der Waals surface area contributed by atoms with Crippen LogP contribution in [0.4, 0.5) is 0 Å². The van der Waals surface area contributed by atoms with Gasteiger partial charge in [0.2, 0.25) is 0 Å². The summed E-state index contributed by atoms with van der Waals surface area (Å²) < 4.78 is 6.85. The van der Waals surface area contributed by atoms with Crippen LogP contribution in [0, 0.1) is 6.92 Å². The van der Waals surface area contributed by atoms with E-state index in [0.717, 1.165) is 15.2 Å². The Morgan fingerprint density at radius 1 is 1.24 bits per heavy atom.